The summed E-state index contributed by atoms with van der Waals surface area (Å²) in [5.41, 5.74) is 0.723. The highest BCUT2D eigenvalue weighted by Gasteiger charge is 2.06. The standard InChI is InChI=1S/C13H18ClNO2/c1-2-10-17-12-7-4-3-6-11(12)15-13(16)8-5-9-14/h3-4,6-7H,2,5,8-10H2,1H3,(H,15,16). The third kappa shape index (κ3) is 5.09. The molecule has 0 heterocycles. The highest BCUT2D eigenvalue weighted by atomic mass is 35.5. The third-order valence-corrected chi connectivity index (χ3v) is 2.43. The summed E-state index contributed by atoms with van der Waals surface area (Å²) >= 11 is 5.54. The highest BCUT2D eigenvalue weighted by Crippen LogP contribution is 2.24. The number of para-hydroxylation sites is 2. The summed E-state index contributed by atoms with van der Waals surface area (Å²) < 4.78 is 5.55. The summed E-state index contributed by atoms with van der Waals surface area (Å²) in [6, 6.07) is 7.45. The molecule has 1 aromatic rings. The van der Waals surface area contributed by atoms with E-state index >= 15 is 0 Å². The van der Waals surface area contributed by atoms with E-state index in [-0.39, 0.29) is 5.91 Å². The van der Waals surface area contributed by atoms with Gasteiger partial charge in [0.2, 0.25) is 5.91 Å². The number of ether oxygens (including phenoxy) is 1. The van der Waals surface area contributed by atoms with Gasteiger partial charge in [0.05, 0.1) is 12.3 Å². The molecule has 0 saturated heterocycles. The van der Waals surface area contributed by atoms with Crippen LogP contribution in [0.3, 0.4) is 0 Å². The fourth-order valence-electron chi connectivity index (χ4n) is 1.35. The maximum atomic E-state index is 11.6. The number of amides is 1. The Kier molecular flexibility index (Phi) is 6.48. The molecule has 1 aromatic carbocycles. The van der Waals surface area contributed by atoms with Crippen LogP contribution in [0.25, 0.3) is 0 Å². The van der Waals surface area contributed by atoms with E-state index in [9.17, 15) is 4.79 Å². The Morgan fingerprint density at radius 1 is 1.41 bits per heavy atom. The number of carbonyl (C=O) groups excluding carboxylic acids is 1. The number of nitrogens with one attached hydrogen (secondary N) is 1. The van der Waals surface area contributed by atoms with E-state index in [1.807, 2.05) is 31.2 Å². The summed E-state index contributed by atoms with van der Waals surface area (Å²) in [7, 11) is 0. The van der Waals surface area contributed by atoms with E-state index < -0.39 is 0 Å². The largest absolute Gasteiger partial charge is 0.491 e. The molecule has 0 unspecified atom stereocenters. The fourth-order valence-corrected chi connectivity index (χ4v) is 1.48. The molecule has 0 aliphatic heterocycles. The van der Waals surface area contributed by atoms with Crippen LogP contribution in [0.15, 0.2) is 24.3 Å². The first-order chi connectivity index (χ1) is 8.27. The minimum absolute atomic E-state index is 0.0294. The molecule has 3 nitrogen and oxygen atoms in total. The first-order valence-corrected chi connectivity index (χ1v) is 6.39. The Bertz CT molecular complexity index is 355. The van der Waals surface area contributed by atoms with Gasteiger partial charge in [0, 0.05) is 12.3 Å². The molecule has 0 bridgehead atoms. The highest BCUT2D eigenvalue weighted by molar-refractivity contribution is 6.18. The first-order valence-electron chi connectivity index (χ1n) is 5.85. The van der Waals surface area contributed by atoms with Crippen LogP contribution in [0, 0.1) is 0 Å². The maximum absolute atomic E-state index is 11.6. The molecule has 0 radical (unpaired) electrons. The van der Waals surface area contributed by atoms with Gasteiger partial charge < -0.3 is 10.1 Å². The van der Waals surface area contributed by atoms with Gasteiger partial charge in [-0.2, -0.15) is 0 Å². The average molecular weight is 256 g/mol. The quantitative estimate of drug-likeness (QED) is 0.758. The van der Waals surface area contributed by atoms with Gasteiger partial charge in [-0.15, -0.1) is 11.6 Å². The van der Waals surface area contributed by atoms with Crippen molar-refractivity contribution in [3.63, 3.8) is 0 Å². The smallest absolute Gasteiger partial charge is 0.224 e. The van der Waals surface area contributed by atoms with E-state index in [0.717, 1.165) is 12.1 Å². The Balaban J connectivity index is 2.59. The van der Waals surface area contributed by atoms with Gasteiger partial charge in [0.1, 0.15) is 5.75 Å². The Morgan fingerprint density at radius 2 is 2.18 bits per heavy atom. The summed E-state index contributed by atoms with van der Waals surface area (Å²) in [4.78, 5) is 11.6. The zero-order chi connectivity index (χ0) is 12.5. The number of benzene rings is 1. The number of alkyl halides is 1. The number of hydrogen-bond donors (Lipinski definition) is 1. The second kappa shape index (κ2) is 7.96. The predicted molar refractivity (Wildman–Crippen MR) is 70.8 cm³/mol. The summed E-state index contributed by atoms with van der Waals surface area (Å²) in [6.07, 6.45) is 2.06. The lowest BCUT2D eigenvalue weighted by Crippen LogP contribution is -2.12. The number of anilines is 1. The molecule has 0 saturated carbocycles. The molecule has 1 N–H and O–H groups in total. The third-order valence-electron chi connectivity index (χ3n) is 2.16. The van der Waals surface area contributed by atoms with Gasteiger partial charge in [-0.1, -0.05) is 19.1 Å². The molecule has 0 spiro atoms. The van der Waals surface area contributed by atoms with E-state index in [1.54, 1.807) is 0 Å². The maximum Gasteiger partial charge on any atom is 0.224 e. The molecule has 94 valence electrons. The molecule has 1 amide bonds. The first kappa shape index (κ1) is 13.8. The molecule has 4 heteroatoms. The van der Waals surface area contributed by atoms with Crippen LogP contribution in [0.2, 0.25) is 0 Å². The van der Waals surface area contributed by atoms with Crippen molar-refractivity contribution in [1.82, 2.24) is 0 Å². The van der Waals surface area contributed by atoms with Gasteiger partial charge in [0.25, 0.3) is 0 Å². The van der Waals surface area contributed by atoms with Crippen LogP contribution in [0.1, 0.15) is 26.2 Å². The van der Waals surface area contributed by atoms with Crippen LogP contribution in [-0.2, 0) is 4.79 Å². The molecular formula is C13H18ClNO2. The number of hydrogen-bond acceptors (Lipinski definition) is 2. The van der Waals surface area contributed by atoms with Gasteiger partial charge in [-0.05, 0) is 25.0 Å². The summed E-state index contributed by atoms with van der Waals surface area (Å²) in [5.74, 6) is 1.19. The van der Waals surface area contributed by atoms with Crippen LogP contribution in [0.4, 0.5) is 5.69 Å². The van der Waals surface area contributed by atoms with Crippen molar-refractivity contribution in [1.29, 1.82) is 0 Å². The van der Waals surface area contributed by atoms with Gasteiger partial charge >= 0.3 is 0 Å². The van der Waals surface area contributed by atoms with Gasteiger partial charge in [-0.3, -0.25) is 4.79 Å². The van der Waals surface area contributed by atoms with Crippen molar-refractivity contribution < 1.29 is 9.53 Å². The molecule has 1 rings (SSSR count). The van der Waals surface area contributed by atoms with Gasteiger partial charge in [0.15, 0.2) is 0 Å². The van der Waals surface area contributed by atoms with Crippen molar-refractivity contribution in [2.45, 2.75) is 26.2 Å². The lowest BCUT2D eigenvalue weighted by molar-refractivity contribution is -0.116. The molecule has 17 heavy (non-hydrogen) atoms. The van der Waals surface area contributed by atoms with Gasteiger partial charge in [-0.25, -0.2) is 0 Å². The topological polar surface area (TPSA) is 38.3 Å². The lowest BCUT2D eigenvalue weighted by Gasteiger charge is -2.11. The zero-order valence-corrected chi connectivity index (χ0v) is 10.8. The van der Waals surface area contributed by atoms with E-state index in [4.69, 9.17) is 16.3 Å². The van der Waals surface area contributed by atoms with Crippen molar-refractivity contribution in [3.05, 3.63) is 24.3 Å². The second-order valence-corrected chi connectivity index (χ2v) is 4.06. The number of halogens is 1. The van der Waals surface area contributed by atoms with Crippen molar-refractivity contribution in [2.75, 3.05) is 17.8 Å². The Morgan fingerprint density at radius 3 is 2.88 bits per heavy atom. The number of carbonyl (C=O) groups is 1. The monoisotopic (exact) mass is 255 g/mol. The van der Waals surface area contributed by atoms with E-state index in [1.165, 1.54) is 0 Å². The Hall–Kier alpha value is -1.22. The minimum Gasteiger partial charge on any atom is -0.491 e. The molecule has 0 aromatic heterocycles. The normalized spacial score (nSPS) is 10.0. The van der Waals surface area contributed by atoms with Crippen LogP contribution < -0.4 is 10.1 Å². The van der Waals surface area contributed by atoms with Crippen molar-refractivity contribution >= 4 is 23.2 Å². The van der Waals surface area contributed by atoms with Crippen molar-refractivity contribution in [2.24, 2.45) is 0 Å². The van der Waals surface area contributed by atoms with Crippen LogP contribution >= 0.6 is 11.6 Å². The SMILES string of the molecule is CCCOc1ccccc1NC(=O)CCCCl. The van der Waals surface area contributed by atoms with E-state index in [0.29, 0.717) is 31.1 Å². The minimum atomic E-state index is -0.0294. The average Bonchev–Trinajstić information content (AvgIpc) is 2.35. The molecule has 0 fully saturated rings. The Labute approximate surface area is 107 Å². The summed E-state index contributed by atoms with van der Waals surface area (Å²) in [6.45, 7) is 2.69. The summed E-state index contributed by atoms with van der Waals surface area (Å²) in [5, 5.41) is 2.83. The lowest BCUT2D eigenvalue weighted by atomic mass is 10.2. The molecular weight excluding hydrogens is 238 g/mol. The molecule has 0 aliphatic rings. The molecule has 0 atom stereocenters. The second-order valence-electron chi connectivity index (χ2n) is 3.69. The van der Waals surface area contributed by atoms with Crippen molar-refractivity contribution in [3.8, 4) is 5.75 Å². The fraction of sp³-hybridized carbons (Fsp3) is 0.462. The van der Waals surface area contributed by atoms with Crippen LogP contribution in [0.5, 0.6) is 5.75 Å². The number of rotatable bonds is 7. The zero-order valence-electron chi connectivity index (χ0n) is 10.0. The van der Waals surface area contributed by atoms with E-state index in [2.05, 4.69) is 5.32 Å². The van der Waals surface area contributed by atoms with Crippen LogP contribution in [-0.4, -0.2) is 18.4 Å². The predicted octanol–water partition coefficient (Wildman–Crippen LogP) is 3.43. The molecule has 0 aliphatic carbocycles.